The Morgan fingerprint density at radius 2 is 1.11 bits per heavy atom. The van der Waals surface area contributed by atoms with E-state index in [0.29, 0.717) is 13.2 Å². The highest BCUT2D eigenvalue weighted by atomic mass is 35.5. The minimum atomic E-state index is 0. The molecule has 28 heavy (non-hydrogen) atoms. The second-order valence-corrected chi connectivity index (χ2v) is 6.30. The van der Waals surface area contributed by atoms with Crippen molar-refractivity contribution in [3.63, 3.8) is 0 Å². The molecule has 0 aliphatic heterocycles. The highest BCUT2D eigenvalue weighted by molar-refractivity contribution is 5.85. The lowest BCUT2D eigenvalue weighted by Crippen LogP contribution is -2.22. The summed E-state index contributed by atoms with van der Waals surface area (Å²) >= 11 is 0. The van der Waals surface area contributed by atoms with Crippen LogP contribution in [0.1, 0.15) is 50.9 Å². The molecule has 0 fully saturated rings. The van der Waals surface area contributed by atoms with E-state index in [4.69, 9.17) is 18.9 Å². The molecule has 156 valence electrons. The van der Waals surface area contributed by atoms with Gasteiger partial charge in [0, 0.05) is 12.1 Å². The van der Waals surface area contributed by atoms with E-state index in [1.807, 2.05) is 38.1 Å². The van der Waals surface area contributed by atoms with Crippen LogP contribution in [0.4, 0.5) is 0 Å². The maximum atomic E-state index is 5.60. The first-order valence-electron chi connectivity index (χ1n) is 9.41. The molecule has 0 saturated heterocycles. The third-order valence-electron chi connectivity index (χ3n) is 4.48. The minimum absolute atomic E-state index is 0. The van der Waals surface area contributed by atoms with E-state index in [1.54, 1.807) is 14.2 Å². The van der Waals surface area contributed by atoms with Crippen LogP contribution in [0.15, 0.2) is 36.4 Å². The Labute approximate surface area is 174 Å². The molecule has 0 bridgehead atoms. The van der Waals surface area contributed by atoms with Gasteiger partial charge >= 0.3 is 0 Å². The van der Waals surface area contributed by atoms with Gasteiger partial charge in [0.2, 0.25) is 0 Å². The Bertz CT molecular complexity index is 677. The van der Waals surface area contributed by atoms with Crippen molar-refractivity contribution < 1.29 is 18.9 Å². The lowest BCUT2D eigenvalue weighted by molar-refractivity contribution is 0.310. The van der Waals surface area contributed by atoms with Crippen LogP contribution in [0.3, 0.4) is 0 Å². The number of benzene rings is 2. The fourth-order valence-electron chi connectivity index (χ4n) is 3.02. The normalized spacial score (nSPS) is 12.5. The summed E-state index contributed by atoms with van der Waals surface area (Å²) in [5, 5.41) is 3.63. The van der Waals surface area contributed by atoms with Crippen LogP contribution >= 0.6 is 12.4 Å². The second kappa shape index (κ2) is 11.7. The highest BCUT2D eigenvalue weighted by Crippen LogP contribution is 2.33. The summed E-state index contributed by atoms with van der Waals surface area (Å²) in [4.78, 5) is 0. The molecule has 0 aliphatic carbocycles. The first-order chi connectivity index (χ1) is 13.0. The summed E-state index contributed by atoms with van der Waals surface area (Å²) in [5.41, 5.74) is 2.28. The molecule has 2 unspecified atom stereocenters. The van der Waals surface area contributed by atoms with Crippen LogP contribution < -0.4 is 24.3 Å². The largest absolute Gasteiger partial charge is 0.493 e. The molecule has 6 heteroatoms. The van der Waals surface area contributed by atoms with E-state index in [9.17, 15) is 0 Å². The molecule has 2 aromatic carbocycles. The quantitative estimate of drug-likeness (QED) is 0.574. The van der Waals surface area contributed by atoms with Gasteiger partial charge in [-0.05, 0) is 63.1 Å². The maximum absolute atomic E-state index is 5.60. The number of hydrogen-bond acceptors (Lipinski definition) is 5. The predicted octanol–water partition coefficient (Wildman–Crippen LogP) is 5.33. The zero-order valence-electron chi connectivity index (χ0n) is 17.6. The van der Waals surface area contributed by atoms with E-state index < -0.39 is 0 Å². The number of hydrogen-bond donors (Lipinski definition) is 1. The molecule has 2 aromatic rings. The smallest absolute Gasteiger partial charge is 0.161 e. The zero-order valence-corrected chi connectivity index (χ0v) is 18.4. The van der Waals surface area contributed by atoms with Crippen molar-refractivity contribution in [3.8, 4) is 23.0 Å². The summed E-state index contributed by atoms with van der Waals surface area (Å²) in [5.74, 6) is 3.03. The van der Waals surface area contributed by atoms with Gasteiger partial charge in [0.25, 0.3) is 0 Å². The average molecular weight is 410 g/mol. The summed E-state index contributed by atoms with van der Waals surface area (Å²) < 4.78 is 22.1. The Kier molecular flexibility index (Phi) is 9.97. The fraction of sp³-hybridized carbons (Fsp3) is 0.455. The van der Waals surface area contributed by atoms with Gasteiger partial charge in [0.05, 0.1) is 27.4 Å². The highest BCUT2D eigenvalue weighted by Gasteiger charge is 2.15. The monoisotopic (exact) mass is 409 g/mol. The molecular formula is C22H32ClNO4. The van der Waals surface area contributed by atoms with E-state index in [2.05, 4.69) is 31.3 Å². The zero-order chi connectivity index (χ0) is 19.8. The lowest BCUT2D eigenvalue weighted by Gasteiger charge is -2.22. The molecule has 0 aromatic heterocycles. The van der Waals surface area contributed by atoms with Crippen LogP contribution in [-0.4, -0.2) is 27.4 Å². The predicted molar refractivity (Wildman–Crippen MR) is 116 cm³/mol. The maximum Gasteiger partial charge on any atom is 0.161 e. The van der Waals surface area contributed by atoms with E-state index in [0.717, 1.165) is 34.1 Å². The van der Waals surface area contributed by atoms with Gasteiger partial charge in [0.15, 0.2) is 23.0 Å². The topological polar surface area (TPSA) is 49.0 Å². The molecule has 0 saturated carbocycles. The summed E-state index contributed by atoms with van der Waals surface area (Å²) in [6.45, 7) is 9.42. The molecular weight excluding hydrogens is 378 g/mol. The van der Waals surface area contributed by atoms with Gasteiger partial charge in [0.1, 0.15) is 0 Å². The molecule has 0 amide bonds. The van der Waals surface area contributed by atoms with Crippen LogP contribution in [0, 0.1) is 0 Å². The van der Waals surface area contributed by atoms with Crippen LogP contribution in [0.25, 0.3) is 0 Å². The Hall–Kier alpha value is -2.11. The number of nitrogens with one attached hydrogen (secondary N) is 1. The van der Waals surface area contributed by atoms with Gasteiger partial charge in [-0.2, -0.15) is 0 Å². The molecule has 5 nitrogen and oxygen atoms in total. The van der Waals surface area contributed by atoms with Crippen molar-refractivity contribution in [2.45, 2.75) is 39.8 Å². The number of halogens is 1. The van der Waals surface area contributed by atoms with Crippen molar-refractivity contribution in [2.75, 3.05) is 27.4 Å². The Balaban J connectivity index is 0.00000392. The Morgan fingerprint density at radius 3 is 1.43 bits per heavy atom. The van der Waals surface area contributed by atoms with Gasteiger partial charge in [-0.25, -0.2) is 0 Å². The summed E-state index contributed by atoms with van der Waals surface area (Å²) in [7, 11) is 3.32. The van der Waals surface area contributed by atoms with Crippen molar-refractivity contribution in [2.24, 2.45) is 0 Å². The van der Waals surface area contributed by atoms with E-state index in [1.165, 1.54) is 0 Å². The van der Waals surface area contributed by atoms with Gasteiger partial charge in [-0.3, -0.25) is 0 Å². The molecule has 0 heterocycles. The van der Waals surface area contributed by atoms with E-state index in [-0.39, 0.29) is 24.5 Å². The van der Waals surface area contributed by atoms with Crippen molar-refractivity contribution >= 4 is 12.4 Å². The van der Waals surface area contributed by atoms with Crippen LogP contribution in [0.5, 0.6) is 23.0 Å². The van der Waals surface area contributed by atoms with Crippen molar-refractivity contribution in [1.82, 2.24) is 5.32 Å². The fourth-order valence-corrected chi connectivity index (χ4v) is 3.02. The molecule has 2 rings (SSSR count). The minimum Gasteiger partial charge on any atom is -0.493 e. The number of rotatable bonds is 10. The standard InChI is InChI=1S/C22H31NO4.ClH/c1-7-26-19-11-9-17(13-21(19)24-5)15(3)23-16(4)18-10-12-20(27-8-2)22(14-18)25-6;/h9-16,23H,7-8H2,1-6H3;1H. The van der Waals surface area contributed by atoms with E-state index >= 15 is 0 Å². The molecule has 0 spiro atoms. The van der Waals surface area contributed by atoms with Crippen molar-refractivity contribution in [1.29, 1.82) is 0 Å². The van der Waals surface area contributed by atoms with Crippen LogP contribution in [-0.2, 0) is 0 Å². The van der Waals surface area contributed by atoms with Gasteiger partial charge < -0.3 is 24.3 Å². The third-order valence-corrected chi connectivity index (χ3v) is 4.48. The Morgan fingerprint density at radius 1 is 0.714 bits per heavy atom. The average Bonchev–Trinajstić information content (AvgIpc) is 2.68. The summed E-state index contributed by atoms with van der Waals surface area (Å²) in [6, 6.07) is 12.4. The third kappa shape index (κ3) is 5.94. The lowest BCUT2D eigenvalue weighted by atomic mass is 10.0. The second-order valence-electron chi connectivity index (χ2n) is 6.30. The van der Waals surface area contributed by atoms with Crippen molar-refractivity contribution in [3.05, 3.63) is 47.5 Å². The molecule has 0 aliphatic rings. The molecule has 2 atom stereocenters. The summed E-state index contributed by atoms with van der Waals surface area (Å²) in [6.07, 6.45) is 0. The molecule has 1 N–H and O–H groups in total. The SMILES string of the molecule is CCOc1ccc(C(C)NC(C)c2ccc(OCC)c(OC)c2)cc1OC.Cl. The number of methoxy groups -OCH3 is 2. The van der Waals surface area contributed by atoms with Gasteiger partial charge in [-0.15, -0.1) is 12.4 Å². The van der Waals surface area contributed by atoms with Gasteiger partial charge in [-0.1, -0.05) is 12.1 Å². The molecule has 0 radical (unpaired) electrons. The van der Waals surface area contributed by atoms with Crippen LogP contribution in [0.2, 0.25) is 0 Å². The first kappa shape index (κ1) is 23.9. The number of ether oxygens (including phenoxy) is 4. The first-order valence-corrected chi connectivity index (χ1v) is 9.41.